The van der Waals surface area contributed by atoms with Crippen LogP contribution in [0.3, 0.4) is 0 Å². The number of likely N-dealkylation sites (N-methyl/N-ethyl adjacent to an activating group) is 1. The van der Waals surface area contributed by atoms with Crippen molar-refractivity contribution < 1.29 is 14.3 Å². The number of hydrogen-bond acceptors (Lipinski definition) is 4. The number of ether oxygens (including phenoxy) is 2. The number of hydrogen-bond donors (Lipinski definition) is 0. The van der Waals surface area contributed by atoms with Crippen LogP contribution in [0.2, 0.25) is 0 Å². The van der Waals surface area contributed by atoms with Crippen LogP contribution in [-0.4, -0.2) is 43.0 Å². The molecule has 4 aliphatic rings. The number of rotatable bonds is 6. The Morgan fingerprint density at radius 2 is 2.07 bits per heavy atom. The second-order valence-corrected chi connectivity index (χ2v) is 10.2. The molecule has 1 aromatic rings. The van der Waals surface area contributed by atoms with Crippen molar-refractivity contribution in [3.8, 4) is 11.5 Å². The Labute approximate surface area is 174 Å². The van der Waals surface area contributed by atoms with Crippen molar-refractivity contribution in [3.05, 3.63) is 22.8 Å². The van der Waals surface area contributed by atoms with Crippen LogP contribution >= 0.6 is 0 Å². The van der Waals surface area contributed by atoms with Gasteiger partial charge in [0.05, 0.1) is 7.11 Å². The topological polar surface area (TPSA) is 38.8 Å². The van der Waals surface area contributed by atoms with Gasteiger partial charge in [-0.1, -0.05) is 27.7 Å². The fourth-order valence-electron chi connectivity index (χ4n) is 6.61. The van der Waals surface area contributed by atoms with Gasteiger partial charge in [0.1, 0.15) is 0 Å². The maximum Gasteiger partial charge on any atom is 0.174 e. The quantitative estimate of drug-likeness (QED) is 0.710. The Kier molecular flexibility index (Phi) is 4.51. The third kappa shape index (κ3) is 2.71. The van der Waals surface area contributed by atoms with E-state index in [-0.39, 0.29) is 17.3 Å². The van der Waals surface area contributed by atoms with Gasteiger partial charge < -0.3 is 9.47 Å². The minimum atomic E-state index is -0.353. The third-order valence-electron chi connectivity index (χ3n) is 8.26. The lowest BCUT2D eigenvalue weighted by molar-refractivity contribution is -0.134. The summed E-state index contributed by atoms with van der Waals surface area (Å²) in [7, 11) is 1.72. The van der Waals surface area contributed by atoms with E-state index in [0.29, 0.717) is 24.3 Å². The molecule has 0 aromatic heterocycles. The van der Waals surface area contributed by atoms with Crippen LogP contribution < -0.4 is 9.47 Å². The third-order valence-corrected chi connectivity index (χ3v) is 8.26. The van der Waals surface area contributed by atoms with E-state index in [4.69, 9.17) is 9.47 Å². The van der Waals surface area contributed by atoms with Gasteiger partial charge in [0.25, 0.3) is 0 Å². The van der Waals surface area contributed by atoms with Crippen molar-refractivity contribution >= 4 is 5.78 Å². The highest BCUT2D eigenvalue weighted by molar-refractivity contribution is 5.89. The van der Waals surface area contributed by atoms with Gasteiger partial charge in [0.15, 0.2) is 23.4 Å². The van der Waals surface area contributed by atoms with Gasteiger partial charge >= 0.3 is 0 Å². The minimum absolute atomic E-state index is 0.238. The molecule has 2 unspecified atom stereocenters. The summed E-state index contributed by atoms with van der Waals surface area (Å²) in [4.78, 5) is 15.7. The zero-order valence-corrected chi connectivity index (χ0v) is 18.6. The van der Waals surface area contributed by atoms with E-state index in [1.165, 1.54) is 36.1 Å². The molecule has 4 nitrogen and oxygen atoms in total. The molecule has 0 radical (unpaired) electrons. The number of benzene rings is 1. The predicted octanol–water partition coefficient (Wildman–Crippen LogP) is 4.47. The minimum Gasteiger partial charge on any atom is -0.493 e. The van der Waals surface area contributed by atoms with E-state index in [1.807, 2.05) is 0 Å². The summed E-state index contributed by atoms with van der Waals surface area (Å²) in [5.74, 6) is 3.68. The molecular weight excluding hydrogens is 362 g/mol. The molecule has 29 heavy (non-hydrogen) atoms. The first kappa shape index (κ1) is 19.4. The number of carbonyl (C=O) groups excluding carboxylic acids is 1. The zero-order valence-electron chi connectivity index (χ0n) is 18.6. The Morgan fingerprint density at radius 3 is 2.69 bits per heavy atom. The molecule has 0 bridgehead atoms. The molecule has 3 aliphatic carbocycles. The fraction of sp³-hybridized carbons (Fsp3) is 0.720. The van der Waals surface area contributed by atoms with Gasteiger partial charge in [-0.25, -0.2) is 0 Å². The number of ketones is 1. The highest BCUT2D eigenvalue weighted by atomic mass is 16.5. The summed E-state index contributed by atoms with van der Waals surface area (Å²) in [5.41, 5.74) is 3.86. The van der Waals surface area contributed by atoms with Gasteiger partial charge in [-0.05, 0) is 67.2 Å². The highest BCUT2D eigenvalue weighted by Crippen LogP contribution is 2.61. The predicted molar refractivity (Wildman–Crippen MR) is 114 cm³/mol. The van der Waals surface area contributed by atoms with Crippen LogP contribution in [0, 0.1) is 11.8 Å². The molecule has 0 amide bonds. The van der Waals surface area contributed by atoms with Crippen molar-refractivity contribution in [2.24, 2.45) is 11.8 Å². The van der Waals surface area contributed by atoms with Crippen LogP contribution in [0.4, 0.5) is 0 Å². The molecule has 5 rings (SSSR count). The maximum absolute atomic E-state index is 13.0. The molecule has 0 saturated heterocycles. The average Bonchev–Trinajstić information content (AvgIpc) is 3.45. The average molecular weight is 398 g/mol. The summed E-state index contributed by atoms with van der Waals surface area (Å²) in [6.45, 7) is 11.4. The molecule has 4 heteroatoms. The first-order valence-corrected chi connectivity index (χ1v) is 11.6. The lowest BCUT2D eigenvalue weighted by Gasteiger charge is -2.52. The first-order chi connectivity index (χ1) is 13.9. The normalized spacial score (nSPS) is 32.5. The van der Waals surface area contributed by atoms with Gasteiger partial charge in [-0.2, -0.15) is 0 Å². The van der Waals surface area contributed by atoms with Crippen molar-refractivity contribution in [1.29, 1.82) is 0 Å². The second kappa shape index (κ2) is 6.73. The molecule has 1 aromatic carbocycles. The number of nitrogens with zero attached hydrogens (tertiary/aromatic N) is 1. The van der Waals surface area contributed by atoms with Crippen molar-refractivity contribution in [2.45, 2.75) is 83.3 Å². The SMILES string of the molecule is CCN(CC1CC1)C1Cc2c(C(C)C)cc(OC)c3c2[C@@]2(C)C1CCC(=O)[C@H]2O3. The van der Waals surface area contributed by atoms with E-state index in [1.54, 1.807) is 7.11 Å². The van der Waals surface area contributed by atoms with E-state index in [9.17, 15) is 4.79 Å². The number of carbonyl (C=O) groups is 1. The lowest BCUT2D eigenvalue weighted by Crippen LogP contribution is -2.60. The van der Waals surface area contributed by atoms with Crippen LogP contribution in [0.1, 0.15) is 76.0 Å². The summed E-state index contributed by atoms with van der Waals surface area (Å²) in [6.07, 6.45) is 5.10. The summed E-state index contributed by atoms with van der Waals surface area (Å²) in [5, 5.41) is 0. The lowest BCUT2D eigenvalue weighted by atomic mass is 9.55. The molecule has 158 valence electrons. The molecule has 2 saturated carbocycles. The molecule has 1 heterocycles. The van der Waals surface area contributed by atoms with Gasteiger partial charge in [0, 0.05) is 30.0 Å². The smallest absolute Gasteiger partial charge is 0.174 e. The van der Waals surface area contributed by atoms with Crippen LogP contribution in [0.25, 0.3) is 0 Å². The molecular formula is C25H35NO3. The van der Waals surface area contributed by atoms with E-state index in [2.05, 4.69) is 38.7 Å². The number of Topliss-reactive ketones (excluding diaryl/α,β-unsaturated/α-hetero) is 1. The summed E-state index contributed by atoms with van der Waals surface area (Å²) in [6, 6.07) is 2.67. The molecule has 2 fully saturated rings. The maximum atomic E-state index is 13.0. The monoisotopic (exact) mass is 397 g/mol. The molecule has 1 aliphatic heterocycles. The van der Waals surface area contributed by atoms with Crippen molar-refractivity contribution in [3.63, 3.8) is 0 Å². The standard InChI is InChI=1S/C25H35NO3/c1-6-26(13-15-7-8-15)19-11-17-16(14(2)3)12-21(28-5)23-22(17)25(4)18(19)9-10-20(27)24(25)29-23/h12,14-15,18-19,24H,6-11,13H2,1-5H3/t18?,19?,24-,25-/m1/s1. The largest absolute Gasteiger partial charge is 0.493 e. The summed E-state index contributed by atoms with van der Waals surface area (Å²) >= 11 is 0. The Hall–Kier alpha value is -1.55. The number of methoxy groups -OCH3 is 1. The Bertz CT molecular complexity index is 843. The fourth-order valence-corrected chi connectivity index (χ4v) is 6.61. The highest BCUT2D eigenvalue weighted by Gasteiger charge is 2.62. The van der Waals surface area contributed by atoms with Crippen LogP contribution in [0.5, 0.6) is 11.5 Å². The van der Waals surface area contributed by atoms with Crippen molar-refractivity contribution in [2.75, 3.05) is 20.2 Å². The first-order valence-electron chi connectivity index (χ1n) is 11.6. The Balaban J connectivity index is 1.70. The summed E-state index contributed by atoms with van der Waals surface area (Å²) < 4.78 is 12.2. The molecule has 0 spiro atoms. The van der Waals surface area contributed by atoms with E-state index in [0.717, 1.165) is 36.8 Å². The van der Waals surface area contributed by atoms with E-state index >= 15 is 0 Å². The van der Waals surface area contributed by atoms with Gasteiger partial charge in [0.2, 0.25) is 0 Å². The second-order valence-electron chi connectivity index (χ2n) is 10.2. The van der Waals surface area contributed by atoms with Gasteiger partial charge in [-0.3, -0.25) is 9.69 Å². The van der Waals surface area contributed by atoms with Crippen LogP contribution in [0.15, 0.2) is 6.07 Å². The Morgan fingerprint density at radius 1 is 1.31 bits per heavy atom. The van der Waals surface area contributed by atoms with E-state index < -0.39 is 0 Å². The van der Waals surface area contributed by atoms with Gasteiger partial charge in [-0.15, -0.1) is 0 Å². The zero-order chi connectivity index (χ0) is 20.5. The van der Waals surface area contributed by atoms with Crippen molar-refractivity contribution in [1.82, 2.24) is 4.90 Å². The van der Waals surface area contributed by atoms with Crippen LogP contribution in [-0.2, 0) is 16.6 Å². The molecule has 4 atom stereocenters. The molecule has 0 N–H and O–H groups in total.